The number of fused-ring (bicyclic) bond motifs is 1. The molecule has 0 aliphatic carbocycles. The normalized spacial score (nSPS) is 14.7. The number of alkyl halides is 1. The van der Waals surface area contributed by atoms with Crippen molar-refractivity contribution >= 4 is 23.3 Å². The molecule has 0 saturated carbocycles. The fourth-order valence-corrected chi connectivity index (χ4v) is 4.27. The van der Waals surface area contributed by atoms with E-state index in [2.05, 4.69) is 10.00 Å². The number of hydrogen-bond acceptors (Lipinski definition) is 4. The van der Waals surface area contributed by atoms with E-state index in [1.54, 1.807) is 16.8 Å². The molecule has 0 amide bonds. The summed E-state index contributed by atoms with van der Waals surface area (Å²) in [6.45, 7) is 3.64. The molecule has 8 heteroatoms. The van der Waals surface area contributed by atoms with Gasteiger partial charge in [-0.15, -0.1) is 12.4 Å². The van der Waals surface area contributed by atoms with Crippen molar-refractivity contribution in [3.05, 3.63) is 89.0 Å². The molecule has 178 valence electrons. The highest BCUT2D eigenvalue weighted by Gasteiger charge is 2.18. The molecule has 5 rings (SSSR count). The Balaban J connectivity index is 0.00000274. The predicted molar refractivity (Wildman–Crippen MR) is 134 cm³/mol. The third kappa shape index (κ3) is 5.48. The van der Waals surface area contributed by atoms with Crippen LogP contribution in [-0.4, -0.2) is 45.1 Å². The lowest BCUT2D eigenvalue weighted by molar-refractivity contribution is 0.146. The largest absolute Gasteiger partial charge is 0.489 e. The summed E-state index contributed by atoms with van der Waals surface area (Å²) >= 11 is 0. The Morgan fingerprint density at radius 1 is 1.00 bits per heavy atom. The number of likely N-dealkylation sites (tertiary alicyclic amines) is 1. The van der Waals surface area contributed by atoms with Gasteiger partial charge in [0.05, 0.1) is 18.3 Å². The Labute approximate surface area is 204 Å². The van der Waals surface area contributed by atoms with Crippen LogP contribution in [0.4, 0.5) is 4.39 Å². The Hall–Kier alpha value is -3.16. The van der Waals surface area contributed by atoms with Crippen LogP contribution in [0.3, 0.4) is 0 Å². The van der Waals surface area contributed by atoms with E-state index in [4.69, 9.17) is 4.74 Å². The van der Waals surface area contributed by atoms with Crippen LogP contribution in [-0.2, 0) is 13.2 Å². The second-order valence-electron chi connectivity index (χ2n) is 8.47. The second kappa shape index (κ2) is 10.8. The van der Waals surface area contributed by atoms with Gasteiger partial charge in [-0.1, -0.05) is 30.3 Å². The highest BCUT2D eigenvalue weighted by atomic mass is 35.5. The van der Waals surface area contributed by atoms with Crippen LogP contribution in [0.5, 0.6) is 5.75 Å². The van der Waals surface area contributed by atoms with Gasteiger partial charge < -0.3 is 9.64 Å². The molecule has 0 spiro atoms. The first kappa shape index (κ1) is 24.0. The molecule has 1 saturated heterocycles. The van der Waals surface area contributed by atoms with Crippen LogP contribution >= 0.6 is 12.4 Å². The monoisotopic (exact) mass is 482 g/mol. The van der Waals surface area contributed by atoms with E-state index in [9.17, 15) is 9.18 Å². The van der Waals surface area contributed by atoms with Crippen molar-refractivity contribution in [2.24, 2.45) is 0 Å². The van der Waals surface area contributed by atoms with E-state index in [0.717, 1.165) is 48.3 Å². The van der Waals surface area contributed by atoms with Gasteiger partial charge in [0.1, 0.15) is 18.5 Å². The van der Waals surface area contributed by atoms with Crippen molar-refractivity contribution in [2.75, 3.05) is 19.6 Å². The SMILES string of the molecule is Cl.O=c1cc(OCc2ccccc2)ccn1-c1ccc2c(cnn2CCN2CCC(F)CC2)c1. The number of piperidine rings is 1. The first-order valence-corrected chi connectivity index (χ1v) is 11.4. The Morgan fingerprint density at radius 3 is 2.56 bits per heavy atom. The zero-order chi connectivity index (χ0) is 22.6. The molecule has 34 heavy (non-hydrogen) atoms. The molecule has 2 aromatic carbocycles. The number of hydrogen-bond donors (Lipinski definition) is 0. The lowest BCUT2D eigenvalue weighted by Gasteiger charge is -2.28. The maximum absolute atomic E-state index is 13.3. The standard InChI is InChI=1S/C26H27FN4O2.ClH/c27-22-8-11-29(12-9-22)14-15-31-25-7-6-23(16-21(25)18-28-31)30-13-10-24(17-26(30)32)33-19-20-4-2-1-3-5-20;/h1-7,10,13,16-18,22H,8-9,11-12,14-15,19H2;1H. The summed E-state index contributed by atoms with van der Waals surface area (Å²) < 4.78 is 22.7. The van der Waals surface area contributed by atoms with Crippen LogP contribution in [0.1, 0.15) is 18.4 Å². The van der Waals surface area contributed by atoms with Gasteiger partial charge in [-0.2, -0.15) is 5.10 Å². The average molecular weight is 483 g/mol. The quantitative estimate of drug-likeness (QED) is 0.385. The Bertz CT molecular complexity index is 1280. The van der Waals surface area contributed by atoms with Gasteiger partial charge in [-0.25, -0.2) is 4.39 Å². The van der Waals surface area contributed by atoms with E-state index in [1.807, 2.05) is 59.4 Å². The average Bonchev–Trinajstić information content (AvgIpc) is 3.25. The molecule has 0 N–H and O–H groups in total. The highest BCUT2D eigenvalue weighted by molar-refractivity contribution is 5.85. The first-order valence-electron chi connectivity index (χ1n) is 11.4. The van der Waals surface area contributed by atoms with Crippen LogP contribution in [0.15, 0.2) is 77.9 Å². The van der Waals surface area contributed by atoms with Crippen LogP contribution in [0.2, 0.25) is 0 Å². The Morgan fingerprint density at radius 2 is 1.79 bits per heavy atom. The van der Waals surface area contributed by atoms with Gasteiger partial charge in [0.25, 0.3) is 5.56 Å². The molecule has 3 heterocycles. The number of benzene rings is 2. The molecule has 1 fully saturated rings. The molecule has 0 atom stereocenters. The lowest BCUT2D eigenvalue weighted by atomic mass is 10.1. The molecule has 6 nitrogen and oxygen atoms in total. The third-order valence-electron chi connectivity index (χ3n) is 6.19. The fraction of sp³-hybridized carbons (Fsp3) is 0.308. The number of nitrogens with zero attached hydrogens (tertiary/aromatic N) is 4. The Kier molecular flexibility index (Phi) is 7.65. The zero-order valence-corrected chi connectivity index (χ0v) is 19.7. The van der Waals surface area contributed by atoms with Gasteiger partial charge in [0, 0.05) is 43.0 Å². The molecule has 1 aliphatic heterocycles. The fourth-order valence-electron chi connectivity index (χ4n) is 4.27. The van der Waals surface area contributed by atoms with Crippen molar-refractivity contribution in [1.82, 2.24) is 19.2 Å². The first-order chi connectivity index (χ1) is 16.2. The summed E-state index contributed by atoms with van der Waals surface area (Å²) in [5, 5.41) is 5.51. The zero-order valence-electron chi connectivity index (χ0n) is 18.8. The summed E-state index contributed by atoms with van der Waals surface area (Å²) in [5.41, 5.74) is 2.71. The van der Waals surface area contributed by atoms with E-state index >= 15 is 0 Å². The third-order valence-corrected chi connectivity index (χ3v) is 6.19. The molecule has 0 unspecified atom stereocenters. The van der Waals surface area contributed by atoms with Crippen molar-refractivity contribution in [2.45, 2.75) is 32.2 Å². The van der Waals surface area contributed by atoms with Crippen molar-refractivity contribution in [1.29, 1.82) is 0 Å². The van der Waals surface area contributed by atoms with Crippen molar-refractivity contribution in [3.8, 4) is 11.4 Å². The molecule has 2 aromatic heterocycles. The van der Waals surface area contributed by atoms with Crippen LogP contribution < -0.4 is 10.3 Å². The number of aromatic nitrogens is 3. The summed E-state index contributed by atoms with van der Waals surface area (Å²) in [6, 6.07) is 19.1. The summed E-state index contributed by atoms with van der Waals surface area (Å²) in [5.74, 6) is 0.547. The number of pyridine rings is 1. The maximum atomic E-state index is 13.3. The molecule has 1 aliphatic rings. The lowest BCUT2D eigenvalue weighted by Crippen LogP contribution is -2.36. The molecule has 4 aromatic rings. The minimum absolute atomic E-state index is 0. The van der Waals surface area contributed by atoms with E-state index < -0.39 is 6.17 Å². The van der Waals surface area contributed by atoms with E-state index in [1.165, 1.54) is 6.07 Å². The second-order valence-corrected chi connectivity index (χ2v) is 8.47. The van der Waals surface area contributed by atoms with E-state index in [-0.39, 0.29) is 18.0 Å². The minimum Gasteiger partial charge on any atom is -0.489 e. The molecule has 0 radical (unpaired) electrons. The number of ether oxygens (including phenoxy) is 1. The smallest absolute Gasteiger partial charge is 0.258 e. The number of halogens is 2. The summed E-state index contributed by atoms with van der Waals surface area (Å²) in [7, 11) is 0. The predicted octanol–water partition coefficient (Wildman–Crippen LogP) is 4.62. The van der Waals surface area contributed by atoms with Crippen molar-refractivity contribution < 1.29 is 9.13 Å². The van der Waals surface area contributed by atoms with E-state index in [0.29, 0.717) is 25.2 Å². The van der Waals surface area contributed by atoms with Crippen LogP contribution in [0, 0.1) is 0 Å². The number of rotatable bonds is 7. The molecular weight excluding hydrogens is 455 g/mol. The van der Waals surface area contributed by atoms with Gasteiger partial charge in [-0.05, 0) is 42.7 Å². The maximum Gasteiger partial charge on any atom is 0.258 e. The van der Waals surface area contributed by atoms with Gasteiger partial charge >= 0.3 is 0 Å². The highest BCUT2D eigenvalue weighted by Crippen LogP contribution is 2.20. The van der Waals surface area contributed by atoms with Gasteiger partial charge in [0.15, 0.2) is 0 Å². The van der Waals surface area contributed by atoms with Crippen molar-refractivity contribution in [3.63, 3.8) is 0 Å². The summed E-state index contributed by atoms with van der Waals surface area (Å²) in [4.78, 5) is 15.0. The minimum atomic E-state index is -0.655. The van der Waals surface area contributed by atoms with Gasteiger partial charge in [-0.3, -0.25) is 14.0 Å². The molecule has 0 bridgehead atoms. The topological polar surface area (TPSA) is 52.3 Å². The summed E-state index contributed by atoms with van der Waals surface area (Å²) in [6.07, 6.45) is 4.15. The van der Waals surface area contributed by atoms with Crippen LogP contribution in [0.25, 0.3) is 16.6 Å². The van der Waals surface area contributed by atoms with Gasteiger partial charge in [0.2, 0.25) is 0 Å². The molecular formula is C26H28ClFN4O2.